The molecule has 128 valence electrons. The first-order chi connectivity index (χ1) is 11.5. The molecule has 1 fully saturated rings. The van der Waals surface area contributed by atoms with E-state index in [1.165, 1.54) is 71.9 Å². The topological polar surface area (TPSA) is 0 Å². The molecule has 2 aromatic rings. The zero-order valence-electron chi connectivity index (χ0n) is 15.9. The molecule has 0 amide bonds. The Balaban J connectivity index is 1.67. The lowest BCUT2D eigenvalue weighted by Crippen LogP contribution is -2.12. The van der Waals surface area contributed by atoms with Crippen molar-refractivity contribution < 1.29 is 0 Å². The maximum atomic E-state index is 2.41. The van der Waals surface area contributed by atoms with Crippen LogP contribution in [0.4, 0.5) is 0 Å². The van der Waals surface area contributed by atoms with E-state index < -0.39 is 0 Å². The summed E-state index contributed by atoms with van der Waals surface area (Å²) in [5.74, 6) is 1.92. The number of hydrogen-bond donors (Lipinski definition) is 0. The van der Waals surface area contributed by atoms with E-state index in [-0.39, 0.29) is 0 Å². The molecule has 2 aromatic carbocycles. The molecule has 0 radical (unpaired) electrons. The van der Waals surface area contributed by atoms with Gasteiger partial charge in [0.05, 0.1) is 0 Å². The molecular weight excluding hydrogens is 288 g/mol. The summed E-state index contributed by atoms with van der Waals surface area (Å²) in [4.78, 5) is 0. The normalized spacial score (nSPS) is 21.0. The van der Waals surface area contributed by atoms with E-state index in [1.807, 2.05) is 0 Å². The molecule has 24 heavy (non-hydrogen) atoms. The van der Waals surface area contributed by atoms with Crippen molar-refractivity contribution in [2.75, 3.05) is 0 Å². The molecule has 0 atom stereocenters. The van der Waals surface area contributed by atoms with Gasteiger partial charge >= 0.3 is 0 Å². The van der Waals surface area contributed by atoms with Crippen LogP contribution in [0.15, 0.2) is 36.4 Å². The summed E-state index contributed by atoms with van der Waals surface area (Å²) < 4.78 is 0. The van der Waals surface area contributed by atoms with Crippen LogP contribution < -0.4 is 0 Å². The van der Waals surface area contributed by atoms with Gasteiger partial charge in [0, 0.05) is 0 Å². The highest BCUT2D eigenvalue weighted by Gasteiger charge is 2.17. The van der Waals surface area contributed by atoms with Crippen LogP contribution in [0.25, 0.3) is 11.1 Å². The predicted octanol–water partition coefficient (Wildman–Crippen LogP) is 7.04. The van der Waals surface area contributed by atoms with Crippen LogP contribution in [0.3, 0.4) is 0 Å². The molecule has 0 unspecified atom stereocenters. The molecule has 0 heterocycles. The first kappa shape index (κ1) is 17.3. The van der Waals surface area contributed by atoms with Gasteiger partial charge in [-0.25, -0.2) is 0 Å². The van der Waals surface area contributed by atoms with Gasteiger partial charge in [-0.15, -0.1) is 0 Å². The Bertz CT molecular complexity index is 687. The summed E-state index contributed by atoms with van der Waals surface area (Å²) in [5.41, 5.74) is 8.40. The standard InChI is InChI=1S/C24H32/c1-17-5-8-21(9-6-17)10-11-22-12-14-24(20(4)15-22)23-13-7-18(2)19(3)16-23/h7,12-17,21H,5-6,8-11H2,1-4H3. The highest BCUT2D eigenvalue weighted by Crippen LogP contribution is 2.32. The molecule has 0 bridgehead atoms. The average molecular weight is 321 g/mol. The fourth-order valence-corrected chi connectivity index (χ4v) is 4.10. The van der Waals surface area contributed by atoms with E-state index in [0.29, 0.717) is 0 Å². The molecule has 3 rings (SSSR count). The monoisotopic (exact) mass is 320 g/mol. The van der Waals surface area contributed by atoms with Gasteiger partial charge in [-0.1, -0.05) is 69.0 Å². The minimum absolute atomic E-state index is 0.959. The van der Waals surface area contributed by atoms with Crippen molar-refractivity contribution in [1.29, 1.82) is 0 Å². The van der Waals surface area contributed by atoms with Gasteiger partial charge in [0.2, 0.25) is 0 Å². The molecule has 0 spiro atoms. The van der Waals surface area contributed by atoms with Crippen LogP contribution in [0.1, 0.15) is 61.3 Å². The van der Waals surface area contributed by atoms with Gasteiger partial charge in [0.25, 0.3) is 0 Å². The second kappa shape index (κ2) is 7.55. The van der Waals surface area contributed by atoms with E-state index in [2.05, 4.69) is 64.1 Å². The lowest BCUT2D eigenvalue weighted by Gasteiger charge is -2.26. The first-order valence-corrected chi connectivity index (χ1v) is 9.70. The van der Waals surface area contributed by atoms with Crippen LogP contribution in [0.2, 0.25) is 0 Å². The van der Waals surface area contributed by atoms with Crippen molar-refractivity contribution in [3.8, 4) is 11.1 Å². The van der Waals surface area contributed by atoms with Crippen molar-refractivity contribution in [2.24, 2.45) is 11.8 Å². The molecule has 0 N–H and O–H groups in total. The maximum Gasteiger partial charge on any atom is -0.0154 e. The van der Waals surface area contributed by atoms with Gasteiger partial charge in [0.1, 0.15) is 0 Å². The number of aryl methyl sites for hydroxylation is 4. The Labute approximate surface area is 148 Å². The van der Waals surface area contributed by atoms with E-state index >= 15 is 0 Å². The van der Waals surface area contributed by atoms with Crippen LogP contribution in [-0.4, -0.2) is 0 Å². The number of hydrogen-bond acceptors (Lipinski definition) is 0. The molecule has 0 saturated heterocycles. The van der Waals surface area contributed by atoms with Crippen LogP contribution in [0.5, 0.6) is 0 Å². The summed E-state index contributed by atoms with van der Waals surface area (Å²) >= 11 is 0. The lowest BCUT2D eigenvalue weighted by atomic mass is 9.80. The van der Waals surface area contributed by atoms with Crippen molar-refractivity contribution in [2.45, 2.75) is 66.2 Å². The van der Waals surface area contributed by atoms with Crippen LogP contribution in [-0.2, 0) is 6.42 Å². The molecule has 0 aromatic heterocycles. The second-order valence-corrected chi connectivity index (χ2v) is 8.11. The third kappa shape index (κ3) is 4.09. The quantitative estimate of drug-likeness (QED) is 0.567. The summed E-state index contributed by atoms with van der Waals surface area (Å²) in [6.45, 7) is 9.05. The van der Waals surface area contributed by atoms with Gasteiger partial charge in [-0.2, -0.15) is 0 Å². The minimum atomic E-state index is 0.959. The average Bonchev–Trinajstić information content (AvgIpc) is 2.57. The van der Waals surface area contributed by atoms with E-state index in [9.17, 15) is 0 Å². The second-order valence-electron chi connectivity index (χ2n) is 8.11. The molecule has 1 saturated carbocycles. The number of benzene rings is 2. The third-order valence-electron chi connectivity index (χ3n) is 6.09. The predicted molar refractivity (Wildman–Crippen MR) is 106 cm³/mol. The van der Waals surface area contributed by atoms with Crippen molar-refractivity contribution in [3.05, 3.63) is 58.7 Å². The highest BCUT2D eigenvalue weighted by atomic mass is 14.2. The van der Waals surface area contributed by atoms with Gasteiger partial charge in [-0.3, -0.25) is 0 Å². The van der Waals surface area contributed by atoms with Crippen LogP contribution >= 0.6 is 0 Å². The van der Waals surface area contributed by atoms with Crippen LogP contribution in [0, 0.1) is 32.6 Å². The Morgan fingerprint density at radius 3 is 2.21 bits per heavy atom. The van der Waals surface area contributed by atoms with E-state index in [0.717, 1.165) is 11.8 Å². The molecular formula is C24H32. The maximum absolute atomic E-state index is 2.41. The van der Waals surface area contributed by atoms with Gasteiger partial charge in [-0.05, 0) is 78.8 Å². The highest BCUT2D eigenvalue weighted by molar-refractivity contribution is 5.68. The molecule has 1 aliphatic carbocycles. The SMILES string of the molecule is Cc1ccc(-c2ccc(CCC3CCC(C)CC3)cc2C)cc1C. The lowest BCUT2D eigenvalue weighted by molar-refractivity contribution is 0.278. The zero-order valence-corrected chi connectivity index (χ0v) is 15.9. The smallest absolute Gasteiger partial charge is 0.0154 e. The Hall–Kier alpha value is -1.56. The first-order valence-electron chi connectivity index (χ1n) is 9.70. The van der Waals surface area contributed by atoms with Gasteiger partial charge in [0.15, 0.2) is 0 Å². The summed E-state index contributed by atoms with van der Waals surface area (Å²) in [6, 6.07) is 13.9. The zero-order chi connectivity index (χ0) is 17.1. The van der Waals surface area contributed by atoms with Crippen molar-refractivity contribution in [1.82, 2.24) is 0 Å². The molecule has 0 heteroatoms. The minimum Gasteiger partial charge on any atom is -0.0625 e. The van der Waals surface area contributed by atoms with E-state index in [4.69, 9.17) is 0 Å². The Morgan fingerprint density at radius 1 is 0.792 bits per heavy atom. The largest absolute Gasteiger partial charge is 0.0625 e. The summed E-state index contributed by atoms with van der Waals surface area (Å²) in [7, 11) is 0. The Kier molecular flexibility index (Phi) is 5.43. The number of rotatable bonds is 4. The Morgan fingerprint density at radius 2 is 1.54 bits per heavy atom. The molecule has 1 aliphatic rings. The summed E-state index contributed by atoms with van der Waals surface area (Å²) in [6.07, 6.45) is 8.38. The fourth-order valence-electron chi connectivity index (χ4n) is 4.10. The third-order valence-corrected chi connectivity index (χ3v) is 6.09. The molecule has 0 nitrogen and oxygen atoms in total. The van der Waals surface area contributed by atoms with E-state index in [1.54, 1.807) is 0 Å². The summed E-state index contributed by atoms with van der Waals surface area (Å²) in [5, 5.41) is 0. The van der Waals surface area contributed by atoms with Crippen molar-refractivity contribution in [3.63, 3.8) is 0 Å². The van der Waals surface area contributed by atoms with Crippen molar-refractivity contribution >= 4 is 0 Å². The molecule has 0 aliphatic heterocycles. The fraction of sp³-hybridized carbons (Fsp3) is 0.500. The van der Waals surface area contributed by atoms with Gasteiger partial charge < -0.3 is 0 Å².